The highest BCUT2D eigenvalue weighted by Gasteiger charge is 2.30. The Balaban J connectivity index is 0.00000320. The van der Waals surface area contributed by atoms with E-state index in [1.165, 1.54) is 25.9 Å². The molecule has 3 heterocycles. The Bertz CT molecular complexity index is 691. The van der Waals surface area contributed by atoms with Gasteiger partial charge in [0.2, 0.25) is 0 Å². The molecule has 0 bridgehead atoms. The van der Waals surface area contributed by atoms with Gasteiger partial charge in [0, 0.05) is 38.2 Å². The summed E-state index contributed by atoms with van der Waals surface area (Å²) in [5.41, 5.74) is 0.0672. The Morgan fingerprint density at radius 2 is 2.10 bits per heavy atom. The van der Waals surface area contributed by atoms with E-state index in [4.69, 9.17) is 9.73 Å². The molecule has 9 heteroatoms. The number of guanidine groups is 1. The molecule has 0 radical (unpaired) electrons. The molecule has 2 aliphatic heterocycles. The third-order valence-corrected chi connectivity index (χ3v) is 6.00. The van der Waals surface area contributed by atoms with Crippen molar-refractivity contribution in [2.75, 3.05) is 33.3 Å². The van der Waals surface area contributed by atoms with Crippen molar-refractivity contribution in [2.45, 2.75) is 78.1 Å². The van der Waals surface area contributed by atoms with Crippen LogP contribution >= 0.6 is 24.0 Å². The maximum atomic E-state index is 5.16. The molecule has 0 aliphatic carbocycles. The van der Waals surface area contributed by atoms with Gasteiger partial charge < -0.3 is 15.4 Å². The van der Waals surface area contributed by atoms with Crippen molar-refractivity contribution >= 4 is 29.9 Å². The first-order valence-electron chi connectivity index (χ1n) is 11.1. The van der Waals surface area contributed by atoms with Crippen molar-refractivity contribution in [3.05, 3.63) is 11.6 Å². The van der Waals surface area contributed by atoms with Gasteiger partial charge in [-0.25, -0.2) is 9.67 Å². The quantitative estimate of drug-likeness (QED) is 0.319. The molecule has 172 valence electrons. The van der Waals surface area contributed by atoms with Crippen LogP contribution in [0.15, 0.2) is 4.99 Å². The number of fused-ring (bicyclic) bond motifs is 1. The molecular weight excluding hydrogens is 493 g/mol. The van der Waals surface area contributed by atoms with Gasteiger partial charge in [0.1, 0.15) is 12.4 Å². The average Bonchev–Trinajstić information content (AvgIpc) is 3.08. The van der Waals surface area contributed by atoms with Crippen molar-refractivity contribution < 1.29 is 4.74 Å². The van der Waals surface area contributed by atoms with Crippen LogP contribution in [0.2, 0.25) is 0 Å². The largest absolute Gasteiger partial charge is 0.377 e. The molecule has 8 nitrogen and oxygen atoms in total. The molecule has 0 aromatic carbocycles. The molecule has 0 spiro atoms. The number of aromatic nitrogens is 3. The van der Waals surface area contributed by atoms with Crippen LogP contribution in [0.5, 0.6) is 0 Å². The van der Waals surface area contributed by atoms with E-state index >= 15 is 0 Å². The average molecular weight is 534 g/mol. The first-order valence-corrected chi connectivity index (χ1v) is 11.1. The molecule has 0 amide bonds. The van der Waals surface area contributed by atoms with Crippen LogP contribution in [0.1, 0.15) is 58.6 Å². The molecule has 1 aromatic rings. The van der Waals surface area contributed by atoms with E-state index in [9.17, 15) is 0 Å². The zero-order chi connectivity index (χ0) is 20.9. The molecule has 2 N–H and O–H groups in total. The number of halogens is 1. The van der Waals surface area contributed by atoms with E-state index in [-0.39, 0.29) is 29.5 Å². The van der Waals surface area contributed by atoms with Crippen molar-refractivity contribution in [3.63, 3.8) is 0 Å². The number of piperidine rings is 1. The molecule has 1 saturated heterocycles. The lowest BCUT2D eigenvalue weighted by atomic mass is 9.94. The number of methoxy groups -OCH3 is 1. The second kappa shape index (κ2) is 11.6. The van der Waals surface area contributed by atoms with Gasteiger partial charge in [-0.1, -0.05) is 6.92 Å². The standard InChI is InChI=1S/C21H39N7O.HI/c1-6-22-20(23-15-21(3,4)27-11-7-8-16(2)12-27)24-17-9-10-19-25-18(14-29-5)26-28(19)13-17;/h16-17H,6-15H2,1-5H3,(H2,22,23,24);1H. The second-order valence-corrected chi connectivity index (χ2v) is 9.14. The zero-order valence-corrected chi connectivity index (χ0v) is 21.6. The summed E-state index contributed by atoms with van der Waals surface area (Å²) in [6.07, 6.45) is 4.59. The fraction of sp³-hybridized carbons (Fsp3) is 0.857. The van der Waals surface area contributed by atoms with E-state index < -0.39 is 0 Å². The maximum absolute atomic E-state index is 5.16. The molecule has 1 aromatic heterocycles. The summed E-state index contributed by atoms with van der Waals surface area (Å²) in [7, 11) is 1.68. The van der Waals surface area contributed by atoms with Crippen molar-refractivity contribution in [3.8, 4) is 0 Å². The number of hydrogen-bond donors (Lipinski definition) is 2. The fourth-order valence-corrected chi connectivity index (χ4v) is 4.29. The summed E-state index contributed by atoms with van der Waals surface area (Å²) in [5, 5.41) is 11.6. The number of hydrogen-bond acceptors (Lipinski definition) is 5. The molecule has 2 atom stereocenters. The van der Waals surface area contributed by atoms with Gasteiger partial charge in [-0.15, -0.1) is 24.0 Å². The number of nitrogens with one attached hydrogen (secondary N) is 2. The van der Waals surface area contributed by atoms with Crippen LogP contribution < -0.4 is 10.6 Å². The lowest BCUT2D eigenvalue weighted by molar-refractivity contribution is 0.0774. The molecule has 1 fully saturated rings. The Morgan fingerprint density at radius 3 is 2.80 bits per heavy atom. The summed E-state index contributed by atoms with van der Waals surface area (Å²) in [5.74, 6) is 3.50. The van der Waals surface area contributed by atoms with Gasteiger partial charge in [-0.3, -0.25) is 9.89 Å². The zero-order valence-electron chi connectivity index (χ0n) is 19.3. The van der Waals surface area contributed by atoms with E-state index in [1.54, 1.807) is 7.11 Å². The minimum Gasteiger partial charge on any atom is -0.377 e. The monoisotopic (exact) mass is 533 g/mol. The summed E-state index contributed by atoms with van der Waals surface area (Å²) >= 11 is 0. The highest BCUT2D eigenvalue weighted by atomic mass is 127. The van der Waals surface area contributed by atoms with Crippen molar-refractivity contribution in [1.82, 2.24) is 30.3 Å². The first kappa shape index (κ1) is 25.3. The van der Waals surface area contributed by atoms with Gasteiger partial charge >= 0.3 is 0 Å². The van der Waals surface area contributed by atoms with Gasteiger partial charge in [-0.05, 0) is 52.5 Å². The van der Waals surface area contributed by atoms with Crippen LogP contribution in [-0.2, 0) is 24.3 Å². The van der Waals surface area contributed by atoms with Crippen molar-refractivity contribution in [2.24, 2.45) is 10.9 Å². The van der Waals surface area contributed by atoms with E-state index in [0.717, 1.165) is 56.0 Å². The second-order valence-electron chi connectivity index (χ2n) is 9.14. The Labute approximate surface area is 198 Å². The minimum absolute atomic E-state index is 0. The Hall–Kier alpha value is -0.940. The van der Waals surface area contributed by atoms with Gasteiger partial charge in [0.25, 0.3) is 0 Å². The SMILES string of the molecule is CCNC(=NCC(C)(C)N1CCCC(C)C1)NC1CCc2nc(COC)nn2C1.I. The smallest absolute Gasteiger partial charge is 0.191 e. The summed E-state index contributed by atoms with van der Waals surface area (Å²) in [6.45, 7) is 14.4. The van der Waals surface area contributed by atoms with Crippen molar-refractivity contribution in [1.29, 1.82) is 0 Å². The van der Waals surface area contributed by atoms with Crippen LogP contribution in [0, 0.1) is 5.92 Å². The highest BCUT2D eigenvalue weighted by molar-refractivity contribution is 14.0. The van der Waals surface area contributed by atoms with Crippen LogP contribution in [-0.4, -0.2) is 70.5 Å². The van der Waals surface area contributed by atoms with Gasteiger partial charge in [0.05, 0.1) is 13.1 Å². The van der Waals surface area contributed by atoms with E-state index in [2.05, 4.69) is 53.3 Å². The summed E-state index contributed by atoms with van der Waals surface area (Å²) in [4.78, 5) is 12.1. The number of likely N-dealkylation sites (tertiary alicyclic amines) is 1. The molecule has 3 rings (SSSR count). The number of aryl methyl sites for hydroxylation is 1. The molecule has 2 unspecified atom stereocenters. The number of aliphatic imine (C=N–C) groups is 1. The third kappa shape index (κ3) is 6.78. The van der Waals surface area contributed by atoms with Gasteiger partial charge in [-0.2, -0.15) is 5.10 Å². The lowest BCUT2D eigenvalue weighted by Gasteiger charge is -2.42. The van der Waals surface area contributed by atoms with E-state index in [0.29, 0.717) is 12.6 Å². The van der Waals surface area contributed by atoms with E-state index in [1.807, 2.05) is 4.68 Å². The number of rotatable bonds is 7. The third-order valence-electron chi connectivity index (χ3n) is 6.00. The minimum atomic E-state index is 0. The molecule has 0 saturated carbocycles. The number of ether oxygens (including phenoxy) is 1. The fourth-order valence-electron chi connectivity index (χ4n) is 4.29. The predicted molar refractivity (Wildman–Crippen MR) is 131 cm³/mol. The Kier molecular flexibility index (Phi) is 9.80. The van der Waals surface area contributed by atoms with Gasteiger partial charge in [0.15, 0.2) is 11.8 Å². The highest BCUT2D eigenvalue weighted by Crippen LogP contribution is 2.24. The summed E-state index contributed by atoms with van der Waals surface area (Å²) in [6, 6.07) is 0.301. The normalized spacial score (nSPS) is 22.9. The molecule has 2 aliphatic rings. The van der Waals surface area contributed by atoms with Crippen LogP contribution in [0.4, 0.5) is 0 Å². The number of nitrogens with zero attached hydrogens (tertiary/aromatic N) is 5. The summed E-state index contributed by atoms with van der Waals surface area (Å²) < 4.78 is 7.17. The van der Waals surface area contributed by atoms with Crippen LogP contribution in [0.3, 0.4) is 0 Å². The lowest BCUT2D eigenvalue weighted by Crippen LogP contribution is -2.52. The molecule has 30 heavy (non-hydrogen) atoms. The topological polar surface area (TPSA) is 79.6 Å². The Morgan fingerprint density at radius 1 is 1.30 bits per heavy atom. The first-order chi connectivity index (χ1) is 13.9. The predicted octanol–water partition coefficient (Wildman–Crippen LogP) is 2.42. The van der Waals surface area contributed by atoms with Crippen LogP contribution in [0.25, 0.3) is 0 Å². The maximum Gasteiger partial charge on any atom is 0.191 e. The molecular formula is C21H40IN7O.